The van der Waals surface area contributed by atoms with Crippen LogP contribution in [0.15, 0.2) is 18.2 Å². The van der Waals surface area contributed by atoms with Gasteiger partial charge in [-0.25, -0.2) is 0 Å². The fourth-order valence-electron chi connectivity index (χ4n) is 2.36. The van der Waals surface area contributed by atoms with Gasteiger partial charge in [0.1, 0.15) is 0 Å². The summed E-state index contributed by atoms with van der Waals surface area (Å²) in [6.45, 7) is 0.970. The van der Waals surface area contributed by atoms with Crippen molar-refractivity contribution in [1.82, 2.24) is 0 Å². The molecule has 0 bridgehead atoms. The van der Waals surface area contributed by atoms with Gasteiger partial charge in [-0.15, -0.1) is 0 Å². The summed E-state index contributed by atoms with van der Waals surface area (Å²) in [6.07, 6.45) is -4.03. The minimum atomic E-state index is -4.51. The number of anilines is 1. The summed E-state index contributed by atoms with van der Waals surface area (Å²) in [5, 5.41) is 10.2. The van der Waals surface area contributed by atoms with Crippen molar-refractivity contribution in [1.29, 1.82) is 0 Å². The number of nitrogen functional groups attached to an aromatic ring is 1. The van der Waals surface area contributed by atoms with Crippen LogP contribution >= 0.6 is 0 Å². The molecule has 1 aliphatic rings. The normalized spacial score (nSPS) is 22.2. The van der Waals surface area contributed by atoms with E-state index in [0.717, 1.165) is 18.9 Å². The van der Waals surface area contributed by atoms with Crippen LogP contribution in [0.25, 0.3) is 0 Å². The Bertz CT molecular complexity index is 442. The van der Waals surface area contributed by atoms with Crippen molar-refractivity contribution < 1.29 is 23.0 Å². The van der Waals surface area contributed by atoms with E-state index in [9.17, 15) is 18.3 Å². The third-order valence-corrected chi connectivity index (χ3v) is 3.41. The minimum absolute atomic E-state index is 0.130. The molecule has 106 valence electrons. The Labute approximate surface area is 109 Å². The number of alkyl halides is 3. The van der Waals surface area contributed by atoms with Gasteiger partial charge in [0.2, 0.25) is 0 Å². The molecule has 1 heterocycles. The van der Waals surface area contributed by atoms with Crippen LogP contribution in [-0.2, 0) is 10.9 Å². The molecule has 2 unspecified atom stereocenters. The van der Waals surface area contributed by atoms with E-state index >= 15 is 0 Å². The Morgan fingerprint density at radius 2 is 2.11 bits per heavy atom. The van der Waals surface area contributed by atoms with Gasteiger partial charge in [-0.05, 0) is 18.9 Å². The van der Waals surface area contributed by atoms with Crippen molar-refractivity contribution in [2.45, 2.75) is 25.1 Å². The molecule has 0 saturated carbocycles. The molecule has 6 heteroatoms. The van der Waals surface area contributed by atoms with Crippen molar-refractivity contribution in [3.8, 4) is 0 Å². The summed E-state index contributed by atoms with van der Waals surface area (Å²) >= 11 is 0. The zero-order valence-electron chi connectivity index (χ0n) is 10.3. The molecule has 0 aromatic heterocycles. The second kappa shape index (κ2) is 5.38. The first-order valence-corrected chi connectivity index (χ1v) is 6.12. The van der Waals surface area contributed by atoms with E-state index in [4.69, 9.17) is 10.5 Å². The molecule has 2 rings (SSSR count). The zero-order chi connectivity index (χ0) is 14.0. The van der Waals surface area contributed by atoms with Gasteiger partial charge in [0.05, 0.1) is 18.3 Å². The van der Waals surface area contributed by atoms with E-state index in [0.29, 0.717) is 13.2 Å². The van der Waals surface area contributed by atoms with Crippen molar-refractivity contribution in [3.05, 3.63) is 29.3 Å². The highest BCUT2D eigenvalue weighted by Gasteiger charge is 2.35. The maximum absolute atomic E-state index is 12.7. The van der Waals surface area contributed by atoms with Crippen molar-refractivity contribution in [3.63, 3.8) is 0 Å². The average molecular weight is 275 g/mol. The van der Waals surface area contributed by atoms with Gasteiger partial charge < -0.3 is 15.6 Å². The molecule has 2 atom stereocenters. The summed E-state index contributed by atoms with van der Waals surface area (Å²) in [6, 6.07) is 3.62. The van der Waals surface area contributed by atoms with E-state index in [-0.39, 0.29) is 11.5 Å². The number of para-hydroxylation sites is 1. The third-order valence-electron chi connectivity index (χ3n) is 3.41. The van der Waals surface area contributed by atoms with Gasteiger partial charge in [-0.3, -0.25) is 0 Å². The molecule has 0 amide bonds. The molecule has 19 heavy (non-hydrogen) atoms. The highest BCUT2D eigenvalue weighted by Crippen LogP contribution is 2.39. The summed E-state index contributed by atoms with van der Waals surface area (Å²) in [4.78, 5) is 0. The van der Waals surface area contributed by atoms with Crippen molar-refractivity contribution in [2.75, 3.05) is 18.9 Å². The number of hydrogen-bond donors (Lipinski definition) is 2. The predicted octanol–water partition coefficient (Wildman–Crippen LogP) is 2.75. The van der Waals surface area contributed by atoms with E-state index in [2.05, 4.69) is 0 Å². The SMILES string of the molecule is Nc1c(C(O)C2CCCOC2)cccc1C(F)(F)F. The number of rotatable bonds is 2. The first-order valence-electron chi connectivity index (χ1n) is 6.12. The van der Waals surface area contributed by atoms with Crippen LogP contribution in [0.4, 0.5) is 18.9 Å². The number of nitrogens with two attached hydrogens (primary N) is 1. The quantitative estimate of drug-likeness (QED) is 0.816. The molecular formula is C13H16F3NO2. The van der Waals surface area contributed by atoms with Gasteiger partial charge in [0, 0.05) is 23.8 Å². The number of hydrogen-bond acceptors (Lipinski definition) is 3. The summed E-state index contributed by atoms with van der Waals surface area (Å²) in [5.41, 5.74) is 4.39. The van der Waals surface area contributed by atoms with E-state index in [1.54, 1.807) is 0 Å². The molecule has 1 aliphatic heterocycles. The molecule has 0 aliphatic carbocycles. The zero-order valence-corrected chi connectivity index (χ0v) is 10.3. The topological polar surface area (TPSA) is 55.5 Å². The van der Waals surface area contributed by atoms with Gasteiger partial charge >= 0.3 is 6.18 Å². The molecule has 3 N–H and O–H groups in total. The van der Waals surface area contributed by atoms with Crippen molar-refractivity contribution >= 4 is 5.69 Å². The first-order chi connectivity index (χ1) is 8.91. The lowest BCUT2D eigenvalue weighted by Crippen LogP contribution is -2.25. The maximum atomic E-state index is 12.7. The molecule has 1 fully saturated rings. The molecule has 0 spiro atoms. The second-order valence-electron chi connectivity index (χ2n) is 4.73. The fourth-order valence-corrected chi connectivity index (χ4v) is 2.36. The Morgan fingerprint density at radius 1 is 1.37 bits per heavy atom. The van der Waals surface area contributed by atoms with E-state index in [1.165, 1.54) is 12.1 Å². The molecule has 1 aromatic rings. The standard InChI is InChI=1S/C13H16F3NO2/c14-13(15,16)10-5-1-4-9(11(10)17)12(18)8-3-2-6-19-7-8/h1,4-5,8,12,18H,2-3,6-7,17H2. The highest BCUT2D eigenvalue weighted by molar-refractivity contribution is 5.56. The Hall–Kier alpha value is -1.27. The Morgan fingerprint density at radius 3 is 2.68 bits per heavy atom. The van der Waals surface area contributed by atoms with Gasteiger partial charge in [-0.2, -0.15) is 13.2 Å². The van der Waals surface area contributed by atoms with Crippen LogP contribution in [0.1, 0.15) is 30.1 Å². The second-order valence-corrected chi connectivity index (χ2v) is 4.73. The number of benzene rings is 1. The van der Waals surface area contributed by atoms with Gasteiger partial charge in [-0.1, -0.05) is 12.1 Å². The Kier molecular flexibility index (Phi) is 4.01. The smallest absolute Gasteiger partial charge is 0.398 e. The van der Waals surface area contributed by atoms with Gasteiger partial charge in [0.25, 0.3) is 0 Å². The summed E-state index contributed by atoms with van der Waals surface area (Å²) < 4.78 is 43.5. The highest BCUT2D eigenvalue weighted by atomic mass is 19.4. The van der Waals surface area contributed by atoms with Crippen LogP contribution in [0.5, 0.6) is 0 Å². The number of halogens is 3. The molecular weight excluding hydrogens is 259 g/mol. The van der Waals surface area contributed by atoms with Crippen LogP contribution in [-0.4, -0.2) is 18.3 Å². The molecule has 1 aromatic carbocycles. The molecule has 0 radical (unpaired) electrons. The van der Waals surface area contributed by atoms with Crippen LogP contribution in [0.3, 0.4) is 0 Å². The number of aliphatic hydroxyl groups excluding tert-OH is 1. The fraction of sp³-hybridized carbons (Fsp3) is 0.538. The lowest BCUT2D eigenvalue weighted by Gasteiger charge is -2.28. The van der Waals surface area contributed by atoms with E-state index < -0.39 is 23.5 Å². The maximum Gasteiger partial charge on any atom is 0.418 e. The van der Waals surface area contributed by atoms with Crippen molar-refractivity contribution in [2.24, 2.45) is 5.92 Å². The molecule has 3 nitrogen and oxygen atoms in total. The summed E-state index contributed by atoms with van der Waals surface area (Å²) in [5.74, 6) is -0.209. The van der Waals surface area contributed by atoms with Crippen LogP contribution < -0.4 is 5.73 Å². The number of ether oxygens (including phenoxy) is 1. The predicted molar refractivity (Wildman–Crippen MR) is 64.4 cm³/mol. The minimum Gasteiger partial charge on any atom is -0.398 e. The lowest BCUT2D eigenvalue weighted by atomic mass is 9.89. The lowest BCUT2D eigenvalue weighted by molar-refractivity contribution is -0.137. The van der Waals surface area contributed by atoms with Crippen LogP contribution in [0, 0.1) is 5.92 Å². The van der Waals surface area contributed by atoms with Crippen LogP contribution in [0.2, 0.25) is 0 Å². The number of aliphatic hydroxyl groups is 1. The van der Waals surface area contributed by atoms with E-state index in [1.807, 2.05) is 0 Å². The largest absolute Gasteiger partial charge is 0.418 e. The average Bonchev–Trinajstić information content (AvgIpc) is 2.38. The third kappa shape index (κ3) is 3.01. The first kappa shape index (κ1) is 14.1. The monoisotopic (exact) mass is 275 g/mol. The Balaban J connectivity index is 2.29. The van der Waals surface area contributed by atoms with Gasteiger partial charge in [0.15, 0.2) is 0 Å². The summed E-state index contributed by atoms with van der Waals surface area (Å²) in [7, 11) is 0. The molecule has 1 saturated heterocycles.